The predicted molar refractivity (Wildman–Crippen MR) is 82.1 cm³/mol. The summed E-state index contributed by atoms with van der Waals surface area (Å²) in [5.41, 5.74) is 0.701. The Morgan fingerprint density at radius 2 is 2.20 bits per heavy atom. The summed E-state index contributed by atoms with van der Waals surface area (Å²) in [6.07, 6.45) is -1.47. The molecular formula is C15H15F4N3O3. The molecule has 10 heteroatoms. The molecule has 0 unspecified atom stereocenters. The van der Waals surface area contributed by atoms with Crippen molar-refractivity contribution in [3.8, 4) is 0 Å². The minimum absolute atomic E-state index is 0.00139. The fourth-order valence-corrected chi connectivity index (χ4v) is 1.66. The highest BCUT2D eigenvalue weighted by Gasteiger charge is 2.37. The number of carboxylic acids is 1. The lowest BCUT2D eigenvalue weighted by Gasteiger charge is -2.10. The molecule has 136 valence electrons. The average Bonchev–Trinajstić information content (AvgIpc) is 2.95. The first-order valence-corrected chi connectivity index (χ1v) is 6.87. The van der Waals surface area contributed by atoms with Crippen LogP contribution in [0, 0.1) is 0 Å². The van der Waals surface area contributed by atoms with Gasteiger partial charge < -0.3 is 14.9 Å². The molecule has 0 aromatic carbocycles. The van der Waals surface area contributed by atoms with Gasteiger partial charge >= 0.3 is 12.1 Å². The van der Waals surface area contributed by atoms with Gasteiger partial charge in [0.2, 0.25) is 5.89 Å². The van der Waals surface area contributed by atoms with Crippen LogP contribution in [-0.4, -0.2) is 28.5 Å². The van der Waals surface area contributed by atoms with Gasteiger partial charge in [-0.05, 0) is 6.92 Å². The number of nitrogens with one attached hydrogen (secondary N) is 1. The van der Waals surface area contributed by atoms with Crippen LogP contribution in [0.5, 0.6) is 0 Å². The van der Waals surface area contributed by atoms with Gasteiger partial charge in [-0.1, -0.05) is 18.7 Å². The maximum Gasteiger partial charge on any atom is 0.418 e. The average molecular weight is 361 g/mol. The van der Waals surface area contributed by atoms with Crippen LogP contribution in [0.1, 0.15) is 24.9 Å². The van der Waals surface area contributed by atoms with E-state index >= 15 is 0 Å². The predicted octanol–water partition coefficient (Wildman–Crippen LogP) is 3.60. The first kappa shape index (κ1) is 20.1. The number of allylic oxidation sites excluding steroid dienone is 5. The molecule has 6 nitrogen and oxygen atoms in total. The van der Waals surface area contributed by atoms with Crippen LogP contribution in [0.4, 0.5) is 17.6 Å². The molecule has 1 rings (SSSR count). The highest BCUT2D eigenvalue weighted by atomic mass is 19.4. The molecule has 25 heavy (non-hydrogen) atoms. The SMILES string of the molecule is C=C/C(=C(F)\C(=C/C)C(F)(F)F)c1nc(CN/N=C\CC(=O)O)co1. The second kappa shape index (κ2) is 8.81. The van der Waals surface area contributed by atoms with Crippen molar-refractivity contribution in [3.63, 3.8) is 0 Å². The maximum absolute atomic E-state index is 14.2. The number of hydrazone groups is 1. The molecule has 1 aromatic heterocycles. The van der Waals surface area contributed by atoms with E-state index in [1.807, 2.05) is 0 Å². The largest absolute Gasteiger partial charge is 0.481 e. The highest BCUT2D eigenvalue weighted by molar-refractivity contribution is 5.84. The normalized spacial score (nSPS) is 13.7. The van der Waals surface area contributed by atoms with Gasteiger partial charge in [0.1, 0.15) is 17.8 Å². The Balaban J connectivity index is 2.94. The Morgan fingerprint density at radius 1 is 1.52 bits per heavy atom. The summed E-state index contributed by atoms with van der Waals surface area (Å²) >= 11 is 0. The van der Waals surface area contributed by atoms with E-state index in [1.54, 1.807) is 0 Å². The van der Waals surface area contributed by atoms with Crippen LogP contribution in [-0.2, 0) is 11.3 Å². The molecule has 0 atom stereocenters. The van der Waals surface area contributed by atoms with Crippen molar-refractivity contribution in [1.29, 1.82) is 0 Å². The topological polar surface area (TPSA) is 87.7 Å². The molecule has 0 spiro atoms. The molecule has 0 aliphatic rings. The second-order valence-electron chi connectivity index (χ2n) is 4.52. The molecule has 1 aromatic rings. The fraction of sp³-hybridized carbons (Fsp3) is 0.267. The van der Waals surface area contributed by atoms with Gasteiger partial charge in [0, 0.05) is 6.21 Å². The monoisotopic (exact) mass is 361 g/mol. The Kier molecular flexibility index (Phi) is 7.09. The van der Waals surface area contributed by atoms with Crippen molar-refractivity contribution in [1.82, 2.24) is 10.4 Å². The maximum atomic E-state index is 14.2. The van der Waals surface area contributed by atoms with Crippen molar-refractivity contribution in [2.24, 2.45) is 5.10 Å². The molecule has 0 aliphatic heterocycles. The van der Waals surface area contributed by atoms with Crippen molar-refractivity contribution in [3.05, 3.63) is 48.0 Å². The van der Waals surface area contributed by atoms with Gasteiger partial charge in [-0.2, -0.15) is 18.3 Å². The second-order valence-corrected chi connectivity index (χ2v) is 4.52. The van der Waals surface area contributed by atoms with Crippen molar-refractivity contribution >= 4 is 17.8 Å². The summed E-state index contributed by atoms with van der Waals surface area (Å²) in [4.78, 5) is 14.1. The summed E-state index contributed by atoms with van der Waals surface area (Å²) in [6, 6.07) is 0. The van der Waals surface area contributed by atoms with Gasteiger partial charge in [0.05, 0.1) is 24.1 Å². The van der Waals surface area contributed by atoms with E-state index < -0.39 is 29.1 Å². The number of carboxylic acid groups (broad SMARTS) is 1. The molecule has 0 saturated heterocycles. The number of aliphatic carboxylic acids is 1. The van der Waals surface area contributed by atoms with Crippen LogP contribution < -0.4 is 5.43 Å². The summed E-state index contributed by atoms with van der Waals surface area (Å²) in [5.74, 6) is -2.98. The zero-order valence-corrected chi connectivity index (χ0v) is 13.1. The van der Waals surface area contributed by atoms with Crippen LogP contribution in [0.3, 0.4) is 0 Å². The van der Waals surface area contributed by atoms with E-state index in [0.717, 1.165) is 25.5 Å². The molecule has 0 saturated carbocycles. The van der Waals surface area contributed by atoms with Crippen molar-refractivity contribution < 1.29 is 31.9 Å². The van der Waals surface area contributed by atoms with Gasteiger partial charge in [-0.15, -0.1) is 0 Å². The van der Waals surface area contributed by atoms with E-state index in [1.165, 1.54) is 0 Å². The van der Waals surface area contributed by atoms with E-state index in [0.29, 0.717) is 6.08 Å². The van der Waals surface area contributed by atoms with Gasteiger partial charge in [-0.25, -0.2) is 9.37 Å². The molecule has 0 fully saturated rings. The Morgan fingerprint density at radius 3 is 2.72 bits per heavy atom. The minimum atomic E-state index is -4.87. The molecule has 0 amide bonds. The van der Waals surface area contributed by atoms with E-state index in [4.69, 9.17) is 9.52 Å². The van der Waals surface area contributed by atoms with Crippen molar-refractivity contribution in [2.75, 3.05) is 0 Å². The summed E-state index contributed by atoms with van der Waals surface area (Å²) < 4.78 is 57.5. The molecule has 0 bridgehead atoms. The number of alkyl halides is 3. The van der Waals surface area contributed by atoms with Crippen molar-refractivity contribution in [2.45, 2.75) is 26.1 Å². The summed E-state index contributed by atoms with van der Waals surface area (Å²) in [6.45, 7) is 4.34. The van der Waals surface area contributed by atoms with Crippen LogP contribution in [0.25, 0.3) is 5.57 Å². The third-order valence-corrected chi connectivity index (χ3v) is 2.76. The third kappa shape index (κ3) is 5.90. The zero-order valence-electron chi connectivity index (χ0n) is 13.1. The molecular weight excluding hydrogens is 346 g/mol. The summed E-state index contributed by atoms with van der Waals surface area (Å²) in [5, 5.41) is 12.0. The molecule has 2 N–H and O–H groups in total. The van der Waals surface area contributed by atoms with E-state index in [9.17, 15) is 22.4 Å². The molecule has 0 radical (unpaired) electrons. The lowest BCUT2D eigenvalue weighted by molar-refractivity contribution is -0.135. The molecule has 0 aliphatic carbocycles. The smallest absolute Gasteiger partial charge is 0.418 e. The first-order valence-electron chi connectivity index (χ1n) is 6.87. The first-order chi connectivity index (χ1) is 11.7. The number of nitrogens with zero attached hydrogens (tertiary/aromatic N) is 2. The Hall–Kier alpha value is -2.91. The van der Waals surface area contributed by atoms with Crippen LogP contribution in [0.15, 0.2) is 45.9 Å². The quantitative estimate of drug-likeness (QED) is 0.320. The Bertz CT molecular complexity index is 718. The van der Waals surface area contributed by atoms with Gasteiger partial charge in [0.15, 0.2) is 0 Å². The minimum Gasteiger partial charge on any atom is -0.481 e. The number of halogens is 4. The lowest BCUT2D eigenvalue weighted by Crippen LogP contribution is -2.13. The van der Waals surface area contributed by atoms with Gasteiger partial charge in [0.25, 0.3) is 0 Å². The number of aromatic nitrogens is 1. The Labute approximate surface area is 140 Å². The highest BCUT2D eigenvalue weighted by Crippen LogP contribution is 2.36. The number of rotatable bonds is 8. The molecule has 1 heterocycles. The number of carbonyl (C=O) groups is 1. The third-order valence-electron chi connectivity index (χ3n) is 2.76. The number of hydrogen-bond donors (Lipinski definition) is 2. The fourth-order valence-electron chi connectivity index (χ4n) is 1.66. The number of hydrogen-bond acceptors (Lipinski definition) is 5. The van der Waals surface area contributed by atoms with Crippen LogP contribution in [0.2, 0.25) is 0 Å². The summed E-state index contributed by atoms with van der Waals surface area (Å²) in [7, 11) is 0. The van der Waals surface area contributed by atoms with E-state index in [-0.39, 0.29) is 24.6 Å². The lowest BCUT2D eigenvalue weighted by atomic mass is 10.1. The van der Waals surface area contributed by atoms with Gasteiger partial charge in [-0.3, -0.25) is 4.79 Å². The standard InChI is InChI=1S/C15H15F4N3O3/c1-3-10(13(16)11(4-2)15(17,18)19)14-22-9(8-25-14)7-21-20-6-5-12(23)24/h3-4,6,8,21H,1,5,7H2,2H3,(H,23,24)/b11-4+,13-10-,20-6-. The van der Waals surface area contributed by atoms with E-state index in [2.05, 4.69) is 22.1 Å². The number of oxazole rings is 1. The zero-order chi connectivity index (χ0) is 19.0. The van der Waals surface area contributed by atoms with Crippen LogP contribution >= 0.6 is 0 Å².